The first-order chi connectivity index (χ1) is 13.3. The van der Waals surface area contributed by atoms with Crippen LogP contribution < -0.4 is 5.32 Å². The summed E-state index contributed by atoms with van der Waals surface area (Å²) in [6, 6.07) is 3.90. The summed E-state index contributed by atoms with van der Waals surface area (Å²) in [5.41, 5.74) is 2.36. The standard InChI is InChI=1S/C21H25NO5S/c1-6-27-21(25)16-12(4)22-13-9-10(2)15(20(24)26-5)19(23)17(13)18(16)14-8-7-11(3)28-14/h7-8,10,15,18,22H,6,9H2,1-5H3. The average Bonchev–Trinajstić information content (AvgIpc) is 3.06. The molecule has 0 bridgehead atoms. The van der Waals surface area contributed by atoms with Gasteiger partial charge < -0.3 is 14.8 Å². The molecule has 0 amide bonds. The third-order valence-corrected chi connectivity index (χ3v) is 6.35. The molecule has 3 unspecified atom stereocenters. The van der Waals surface area contributed by atoms with Gasteiger partial charge in [-0.05, 0) is 45.2 Å². The first-order valence-corrected chi connectivity index (χ1v) is 10.2. The number of carbonyl (C=O) groups excluding carboxylic acids is 3. The van der Waals surface area contributed by atoms with Gasteiger partial charge in [-0.15, -0.1) is 11.3 Å². The van der Waals surface area contributed by atoms with Crippen LogP contribution >= 0.6 is 11.3 Å². The molecule has 1 aromatic heterocycles. The van der Waals surface area contributed by atoms with Crippen LogP contribution in [-0.2, 0) is 23.9 Å². The monoisotopic (exact) mass is 403 g/mol. The Morgan fingerprint density at radius 3 is 2.57 bits per heavy atom. The third kappa shape index (κ3) is 3.39. The van der Waals surface area contributed by atoms with Crippen molar-refractivity contribution >= 4 is 29.1 Å². The predicted octanol–water partition coefficient (Wildman–Crippen LogP) is 3.23. The van der Waals surface area contributed by atoms with Crippen LogP contribution in [0.15, 0.2) is 34.7 Å². The Morgan fingerprint density at radius 1 is 1.29 bits per heavy atom. The summed E-state index contributed by atoms with van der Waals surface area (Å²) in [5.74, 6) is -2.85. The van der Waals surface area contributed by atoms with E-state index in [1.165, 1.54) is 18.4 Å². The lowest BCUT2D eigenvalue weighted by molar-refractivity contribution is -0.151. The van der Waals surface area contributed by atoms with Crippen molar-refractivity contribution in [1.29, 1.82) is 0 Å². The van der Waals surface area contributed by atoms with Gasteiger partial charge in [-0.2, -0.15) is 0 Å². The average molecular weight is 404 g/mol. The smallest absolute Gasteiger partial charge is 0.336 e. The highest BCUT2D eigenvalue weighted by atomic mass is 32.1. The molecule has 28 heavy (non-hydrogen) atoms. The maximum Gasteiger partial charge on any atom is 0.336 e. The van der Waals surface area contributed by atoms with Gasteiger partial charge in [0.2, 0.25) is 0 Å². The molecule has 0 spiro atoms. The maximum atomic E-state index is 13.4. The molecule has 0 saturated carbocycles. The number of ketones is 1. The highest BCUT2D eigenvalue weighted by Crippen LogP contribution is 2.46. The second kappa shape index (κ2) is 7.91. The summed E-state index contributed by atoms with van der Waals surface area (Å²) < 4.78 is 10.2. The fourth-order valence-corrected chi connectivity index (χ4v) is 5.05. The minimum Gasteiger partial charge on any atom is -0.468 e. The van der Waals surface area contributed by atoms with Gasteiger partial charge in [-0.3, -0.25) is 9.59 Å². The number of hydrogen-bond donors (Lipinski definition) is 1. The summed E-state index contributed by atoms with van der Waals surface area (Å²) in [6.07, 6.45) is 0.537. The van der Waals surface area contributed by atoms with Crippen molar-refractivity contribution in [1.82, 2.24) is 5.32 Å². The molecule has 3 atom stereocenters. The first-order valence-electron chi connectivity index (χ1n) is 9.36. The normalized spacial score (nSPS) is 24.6. The molecule has 7 heteroatoms. The molecule has 0 fully saturated rings. The molecule has 6 nitrogen and oxygen atoms in total. The van der Waals surface area contributed by atoms with Crippen molar-refractivity contribution in [2.75, 3.05) is 13.7 Å². The predicted molar refractivity (Wildman–Crippen MR) is 106 cm³/mol. The van der Waals surface area contributed by atoms with Gasteiger partial charge in [0.1, 0.15) is 5.92 Å². The van der Waals surface area contributed by atoms with Crippen LogP contribution in [0, 0.1) is 18.8 Å². The lowest BCUT2D eigenvalue weighted by Gasteiger charge is -2.37. The molecule has 1 aliphatic heterocycles. The number of carbonyl (C=O) groups is 3. The number of methoxy groups -OCH3 is 1. The van der Waals surface area contributed by atoms with E-state index in [1.807, 2.05) is 32.9 Å². The van der Waals surface area contributed by atoms with Gasteiger partial charge in [0.05, 0.1) is 25.2 Å². The zero-order valence-corrected chi connectivity index (χ0v) is 17.6. The van der Waals surface area contributed by atoms with E-state index in [2.05, 4.69) is 5.32 Å². The SMILES string of the molecule is CCOC(=O)C1=C(C)NC2=C(C(=O)C(C(=O)OC)C(C)C2)C1c1ccc(C)s1. The number of thiophene rings is 1. The van der Waals surface area contributed by atoms with Gasteiger partial charge >= 0.3 is 11.9 Å². The molecule has 1 aliphatic carbocycles. The Hall–Kier alpha value is -2.41. The van der Waals surface area contributed by atoms with E-state index in [9.17, 15) is 14.4 Å². The van der Waals surface area contributed by atoms with Crippen molar-refractivity contribution < 1.29 is 23.9 Å². The number of ether oxygens (including phenoxy) is 2. The van der Waals surface area contributed by atoms with Gasteiger partial charge in [-0.1, -0.05) is 6.92 Å². The number of hydrogen-bond acceptors (Lipinski definition) is 7. The van der Waals surface area contributed by atoms with Crippen molar-refractivity contribution in [2.24, 2.45) is 11.8 Å². The third-order valence-electron chi connectivity index (χ3n) is 5.28. The molecule has 0 radical (unpaired) electrons. The molecular weight excluding hydrogens is 378 g/mol. The summed E-state index contributed by atoms with van der Waals surface area (Å²) in [6.45, 7) is 7.67. The number of rotatable bonds is 4. The van der Waals surface area contributed by atoms with Gasteiger partial charge in [-0.25, -0.2) is 4.79 Å². The second-order valence-corrected chi connectivity index (χ2v) is 8.52. The molecule has 1 aromatic rings. The zero-order valence-electron chi connectivity index (χ0n) is 16.8. The van der Waals surface area contributed by atoms with E-state index in [1.54, 1.807) is 6.92 Å². The fraction of sp³-hybridized carbons (Fsp3) is 0.476. The Morgan fingerprint density at radius 2 is 2.00 bits per heavy atom. The largest absolute Gasteiger partial charge is 0.468 e. The zero-order chi connectivity index (χ0) is 20.6. The number of Topliss-reactive ketones (excluding diaryl/α,β-unsaturated/α-hetero) is 1. The highest BCUT2D eigenvalue weighted by molar-refractivity contribution is 7.12. The highest BCUT2D eigenvalue weighted by Gasteiger charge is 2.47. The minimum absolute atomic E-state index is 0.186. The number of dihydropyridines is 1. The fourth-order valence-electron chi connectivity index (χ4n) is 4.05. The summed E-state index contributed by atoms with van der Waals surface area (Å²) in [5, 5.41) is 3.24. The molecule has 150 valence electrons. The van der Waals surface area contributed by atoms with E-state index in [-0.39, 0.29) is 18.3 Å². The van der Waals surface area contributed by atoms with Crippen LogP contribution in [0.3, 0.4) is 0 Å². The number of allylic oxidation sites excluding steroid dienone is 3. The summed E-state index contributed by atoms with van der Waals surface area (Å²) in [7, 11) is 1.29. The van der Waals surface area contributed by atoms with Crippen LogP contribution in [0.4, 0.5) is 0 Å². The Balaban J connectivity index is 2.16. The summed E-state index contributed by atoms with van der Waals surface area (Å²) >= 11 is 1.54. The van der Waals surface area contributed by atoms with E-state index < -0.39 is 23.8 Å². The van der Waals surface area contributed by atoms with Crippen LogP contribution in [0.25, 0.3) is 0 Å². The van der Waals surface area contributed by atoms with E-state index in [0.29, 0.717) is 23.3 Å². The molecule has 0 saturated heterocycles. The molecule has 3 rings (SSSR count). The Bertz CT molecular complexity index is 894. The van der Waals surface area contributed by atoms with Gasteiger partial charge in [0, 0.05) is 26.7 Å². The number of nitrogens with one attached hydrogen (secondary N) is 1. The van der Waals surface area contributed by atoms with Gasteiger partial charge in [0.15, 0.2) is 5.78 Å². The van der Waals surface area contributed by atoms with Crippen LogP contribution in [0.1, 0.15) is 42.9 Å². The van der Waals surface area contributed by atoms with E-state index in [0.717, 1.165) is 15.5 Å². The minimum atomic E-state index is -0.865. The van der Waals surface area contributed by atoms with Crippen molar-refractivity contribution in [3.8, 4) is 0 Å². The Kier molecular flexibility index (Phi) is 5.74. The molecule has 1 N–H and O–H groups in total. The van der Waals surface area contributed by atoms with Crippen molar-refractivity contribution in [3.05, 3.63) is 44.4 Å². The van der Waals surface area contributed by atoms with Crippen LogP contribution in [-0.4, -0.2) is 31.4 Å². The van der Waals surface area contributed by atoms with E-state index >= 15 is 0 Å². The molecule has 2 aliphatic rings. The number of esters is 2. The lowest BCUT2D eigenvalue weighted by Crippen LogP contribution is -2.43. The summed E-state index contributed by atoms with van der Waals surface area (Å²) in [4.78, 5) is 40.5. The Labute approximate surface area is 168 Å². The first kappa shape index (κ1) is 20.3. The van der Waals surface area contributed by atoms with Crippen molar-refractivity contribution in [3.63, 3.8) is 0 Å². The second-order valence-electron chi connectivity index (χ2n) is 7.20. The quantitative estimate of drug-likeness (QED) is 0.614. The lowest BCUT2D eigenvalue weighted by atomic mass is 9.70. The topological polar surface area (TPSA) is 81.7 Å². The maximum absolute atomic E-state index is 13.4. The molecule has 0 aromatic carbocycles. The van der Waals surface area contributed by atoms with Crippen LogP contribution in [0.5, 0.6) is 0 Å². The van der Waals surface area contributed by atoms with E-state index in [4.69, 9.17) is 9.47 Å². The van der Waals surface area contributed by atoms with Gasteiger partial charge in [0.25, 0.3) is 0 Å². The van der Waals surface area contributed by atoms with Crippen LogP contribution in [0.2, 0.25) is 0 Å². The van der Waals surface area contributed by atoms with Crippen molar-refractivity contribution in [2.45, 2.75) is 40.0 Å². The number of aryl methyl sites for hydroxylation is 1. The molecular formula is C21H25NO5S. The molecule has 2 heterocycles.